The molecule has 5 aromatic rings. The number of anilines is 4. The fraction of sp³-hybridized carbons (Fsp3) is 0.304. The van der Waals surface area contributed by atoms with Crippen molar-refractivity contribution >= 4 is 58.9 Å². The normalized spacial score (nSPS) is 15.0. The zero-order chi connectivity index (χ0) is 38.0. The molecule has 0 N–H and O–H groups in total. The van der Waals surface area contributed by atoms with E-state index in [1.165, 1.54) is 22.3 Å². The van der Waals surface area contributed by atoms with Crippen molar-refractivity contribution in [1.29, 1.82) is 0 Å². The summed E-state index contributed by atoms with van der Waals surface area (Å²) in [6.45, 7) is 22.0. The molecule has 1 aliphatic heterocycles. The third kappa shape index (κ3) is 6.00. The van der Waals surface area contributed by atoms with Crippen LogP contribution in [0.25, 0.3) is 11.0 Å². The van der Waals surface area contributed by atoms with Crippen LogP contribution >= 0.6 is 0 Å². The number of para-hydroxylation sites is 2. The number of Topliss-reactive ketones (excluding diaryl/α,β-unsaturated/α-hetero) is 2. The summed E-state index contributed by atoms with van der Waals surface area (Å²) in [6.07, 6.45) is 3.69. The molecule has 2 heterocycles. The molecule has 6 nitrogen and oxygen atoms in total. The lowest BCUT2D eigenvalue weighted by atomic mass is 9.91. The highest BCUT2D eigenvalue weighted by Gasteiger charge is 2.41. The SMILES string of the molecule is Bc1ccc2c(c1)C(=O)/C(=C/C=C1N(c3c(C(C)C)cccc3C(C)C)c3nc4cc(C)c(C)cc4nc3N1c1c(C(C)C)cccc1C(C)C)C2=O. The van der Waals surface area contributed by atoms with Gasteiger partial charge in [0.2, 0.25) is 0 Å². The van der Waals surface area contributed by atoms with E-state index < -0.39 is 0 Å². The number of carbonyl (C=O) groups is 2. The molecule has 1 aromatic heterocycles. The number of hydrogen-bond acceptors (Lipinski definition) is 6. The highest BCUT2D eigenvalue weighted by molar-refractivity contribution is 6.41. The van der Waals surface area contributed by atoms with Gasteiger partial charge >= 0.3 is 0 Å². The first kappa shape index (κ1) is 36.1. The minimum Gasteiger partial charge on any atom is -0.288 e. The molecule has 53 heavy (non-hydrogen) atoms. The van der Waals surface area contributed by atoms with E-state index in [2.05, 4.69) is 128 Å². The highest BCUT2D eigenvalue weighted by Crippen LogP contribution is 2.54. The van der Waals surface area contributed by atoms with Gasteiger partial charge in [-0.1, -0.05) is 115 Å². The molecule has 0 unspecified atom stereocenters. The highest BCUT2D eigenvalue weighted by atomic mass is 16.2. The molecule has 7 heteroatoms. The maximum Gasteiger partial charge on any atom is 0.197 e. The lowest BCUT2D eigenvalue weighted by molar-refractivity contribution is 0.0988. The van der Waals surface area contributed by atoms with Crippen molar-refractivity contribution in [3.05, 3.63) is 135 Å². The van der Waals surface area contributed by atoms with Crippen LogP contribution in [0.5, 0.6) is 0 Å². The second-order valence-electron chi connectivity index (χ2n) is 16.0. The van der Waals surface area contributed by atoms with Crippen LogP contribution in [-0.4, -0.2) is 29.4 Å². The number of nitrogens with zero attached hydrogens (tertiary/aromatic N) is 4. The summed E-state index contributed by atoms with van der Waals surface area (Å²) in [6, 6.07) is 22.8. The lowest BCUT2D eigenvalue weighted by Gasteiger charge is -2.32. The number of allylic oxidation sites excluding steroid dienone is 3. The van der Waals surface area contributed by atoms with Crippen molar-refractivity contribution in [2.24, 2.45) is 0 Å². The topological polar surface area (TPSA) is 66.4 Å². The summed E-state index contributed by atoms with van der Waals surface area (Å²) in [5.74, 6) is 2.51. The van der Waals surface area contributed by atoms with Gasteiger partial charge < -0.3 is 0 Å². The van der Waals surface area contributed by atoms with E-state index in [4.69, 9.17) is 9.97 Å². The van der Waals surface area contributed by atoms with Gasteiger partial charge in [-0.3, -0.25) is 19.4 Å². The second kappa shape index (κ2) is 13.6. The van der Waals surface area contributed by atoms with Crippen molar-refractivity contribution in [1.82, 2.24) is 9.97 Å². The Labute approximate surface area is 315 Å². The van der Waals surface area contributed by atoms with E-state index in [-0.39, 0.29) is 40.8 Å². The Morgan fingerprint density at radius 2 is 0.981 bits per heavy atom. The molecule has 0 saturated heterocycles. The van der Waals surface area contributed by atoms with Gasteiger partial charge in [-0.2, -0.15) is 0 Å². The molecule has 2 aliphatic rings. The van der Waals surface area contributed by atoms with Gasteiger partial charge in [-0.25, -0.2) is 9.97 Å². The van der Waals surface area contributed by atoms with Gasteiger partial charge in [-0.15, -0.1) is 0 Å². The van der Waals surface area contributed by atoms with Gasteiger partial charge in [0.25, 0.3) is 0 Å². The number of aryl methyl sites for hydroxylation is 2. The third-order valence-electron chi connectivity index (χ3n) is 10.8. The quantitative estimate of drug-likeness (QED) is 0.0957. The molecule has 0 spiro atoms. The van der Waals surface area contributed by atoms with Gasteiger partial charge in [0, 0.05) is 11.1 Å². The zero-order valence-electron chi connectivity index (χ0n) is 32.9. The maximum atomic E-state index is 13.9. The lowest BCUT2D eigenvalue weighted by Crippen LogP contribution is -2.26. The first-order chi connectivity index (χ1) is 25.2. The number of rotatable bonds is 7. The Hall–Kier alpha value is -5.30. The van der Waals surface area contributed by atoms with Crippen LogP contribution in [0, 0.1) is 13.8 Å². The molecule has 0 radical (unpaired) electrons. The van der Waals surface area contributed by atoms with Gasteiger partial charge in [0.15, 0.2) is 23.2 Å². The summed E-state index contributed by atoms with van der Waals surface area (Å²) in [5, 5.41) is 0. The summed E-state index contributed by atoms with van der Waals surface area (Å²) in [7, 11) is 1.94. The molecular formula is C46H49BN4O2. The van der Waals surface area contributed by atoms with Crippen molar-refractivity contribution in [3.8, 4) is 0 Å². The molecular weight excluding hydrogens is 651 g/mol. The number of ketones is 2. The minimum atomic E-state index is -0.251. The molecule has 0 fully saturated rings. The van der Waals surface area contributed by atoms with Crippen LogP contribution < -0.4 is 15.3 Å². The van der Waals surface area contributed by atoms with E-state index in [1.807, 2.05) is 26.1 Å². The summed E-state index contributed by atoms with van der Waals surface area (Å²) < 4.78 is 0. The van der Waals surface area contributed by atoms with Gasteiger partial charge in [0.05, 0.1) is 28.0 Å². The standard InChI is InChI=1S/C46H49BN4O2/c1-24(2)31-13-11-14-32(25(3)4)41(31)50-40(20-19-36-43(52)35-18-17-30(47)23-37(35)44(36)53)51(42-33(26(5)6)15-12-16-34(42)27(7)8)46-45(50)48-38-21-28(9)29(10)22-39(38)49-46/h11-27H,47H2,1-10H3/b36-19+. The summed E-state index contributed by atoms with van der Waals surface area (Å²) in [5.41, 5.74) is 12.8. The van der Waals surface area contributed by atoms with Gasteiger partial charge in [-0.05, 0) is 95.2 Å². The van der Waals surface area contributed by atoms with Crippen LogP contribution in [0.4, 0.5) is 23.0 Å². The van der Waals surface area contributed by atoms with E-state index in [9.17, 15) is 9.59 Å². The first-order valence-electron chi connectivity index (χ1n) is 19.0. The molecule has 7 rings (SSSR count). The monoisotopic (exact) mass is 700 g/mol. The fourth-order valence-corrected chi connectivity index (χ4v) is 7.79. The third-order valence-corrected chi connectivity index (χ3v) is 10.8. The van der Waals surface area contributed by atoms with E-state index in [0.29, 0.717) is 11.1 Å². The molecule has 268 valence electrons. The van der Waals surface area contributed by atoms with Crippen molar-refractivity contribution in [3.63, 3.8) is 0 Å². The van der Waals surface area contributed by atoms with Crippen LogP contribution in [0.2, 0.25) is 0 Å². The second-order valence-corrected chi connectivity index (χ2v) is 16.0. The first-order valence-corrected chi connectivity index (χ1v) is 19.0. The molecule has 0 saturated carbocycles. The van der Waals surface area contributed by atoms with Crippen molar-refractivity contribution < 1.29 is 9.59 Å². The van der Waals surface area contributed by atoms with Crippen LogP contribution in [-0.2, 0) is 0 Å². The number of aromatic nitrogens is 2. The van der Waals surface area contributed by atoms with E-state index in [1.54, 1.807) is 12.1 Å². The van der Waals surface area contributed by atoms with E-state index in [0.717, 1.165) is 56.5 Å². The smallest absolute Gasteiger partial charge is 0.197 e. The summed E-state index contributed by atoms with van der Waals surface area (Å²) in [4.78, 5) is 43.2. The average molecular weight is 701 g/mol. The number of hydrogen-bond donors (Lipinski definition) is 0. The Morgan fingerprint density at radius 1 is 0.566 bits per heavy atom. The fourth-order valence-electron chi connectivity index (χ4n) is 7.79. The predicted octanol–water partition coefficient (Wildman–Crippen LogP) is 10.1. The Morgan fingerprint density at radius 3 is 1.40 bits per heavy atom. The Kier molecular flexibility index (Phi) is 9.26. The van der Waals surface area contributed by atoms with Crippen molar-refractivity contribution in [2.75, 3.05) is 9.80 Å². The van der Waals surface area contributed by atoms with Crippen LogP contribution in [0.1, 0.15) is 133 Å². The number of fused-ring (bicyclic) bond motifs is 3. The van der Waals surface area contributed by atoms with Crippen LogP contribution in [0.15, 0.2) is 90.3 Å². The van der Waals surface area contributed by atoms with Crippen LogP contribution in [0.3, 0.4) is 0 Å². The maximum absolute atomic E-state index is 13.9. The molecule has 0 amide bonds. The zero-order valence-corrected chi connectivity index (χ0v) is 32.9. The average Bonchev–Trinajstić information content (AvgIpc) is 3.54. The molecule has 4 aromatic carbocycles. The number of carbonyl (C=O) groups excluding carboxylic acids is 2. The molecule has 1 aliphatic carbocycles. The van der Waals surface area contributed by atoms with Gasteiger partial charge in [0.1, 0.15) is 13.7 Å². The minimum absolute atomic E-state index is 0.161. The largest absolute Gasteiger partial charge is 0.288 e. The van der Waals surface area contributed by atoms with E-state index >= 15 is 0 Å². The number of benzene rings is 4. The van der Waals surface area contributed by atoms with Crippen molar-refractivity contribution in [2.45, 2.75) is 92.9 Å². The predicted molar refractivity (Wildman–Crippen MR) is 222 cm³/mol. The Bertz CT molecular complexity index is 2230. The molecule has 0 bridgehead atoms. The summed E-state index contributed by atoms with van der Waals surface area (Å²) >= 11 is 0. The molecule has 0 atom stereocenters. The Balaban J connectivity index is 1.63.